The molecule has 1 aliphatic rings. The number of aryl methyl sites for hydroxylation is 1. The maximum atomic E-state index is 5.36. The second-order valence-corrected chi connectivity index (χ2v) is 6.90. The molecule has 25 heavy (non-hydrogen) atoms. The molecule has 0 aliphatic carbocycles. The Morgan fingerprint density at radius 3 is 2.88 bits per heavy atom. The molecule has 1 atom stereocenters. The maximum Gasteiger partial charge on any atom is 0.123 e. The van der Waals surface area contributed by atoms with Crippen molar-refractivity contribution in [2.75, 3.05) is 13.7 Å². The highest BCUT2D eigenvalue weighted by molar-refractivity contribution is 5.75. The Morgan fingerprint density at radius 1 is 1.16 bits per heavy atom. The summed E-state index contributed by atoms with van der Waals surface area (Å²) in [5.41, 5.74) is 3.64. The van der Waals surface area contributed by atoms with E-state index in [1.54, 1.807) is 7.11 Å². The highest BCUT2D eigenvalue weighted by Crippen LogP contribution is 2.25. The van der Waals surface area contributed by atoms with E-state index in [0.717, 1.165) is 36.6 Å². The molecule has 0 amide bonds. The third-order valence-electron chi connectivity index (χ3n) is 5.33. The van der Waals surface area contributed by atoms with Crippen LogP contribution in [-0.2, 0) is 20.0 Å². The number of hydrogen-bond acceptors (Lipinski definition) is 3. The molecule has 0 bridgehead atoms. The molecule has 1 saturated heterocycles. The molecule has 1 aromatic heterocycles. The Bertz CT molecular complexity index is 870. The minimum absolute atomic E-state index is 0.576. The quantitative estimate of drug-likeness (QED) is 0.711. The summed E-state index contributed by atoms with van der Waals surface area (Å²) in [5, 5.41) is 0. The molecule has 130 valence electrons. The highest BCUT2D eigenvalue weighted by Gasteiger charge is 2.26. The summed E-state index contributed by atoms with van der Waals surface area (Å²) in [6, 6.07) is 17.4. The lowest BCUT2D eigenvalue weighted by Crippen LogP contribution is -2.31. The smallest absolute Gasteiger partial charge is 0.123 e. The van der Waals surface area contributed by atoms with E-state index in [2.05, 4.69) is 59.0 Å². The fourth-order valence-corrected chi connectivity index (χ4v) is 3.92. The van der Waals surface area contributed by atoms with Gasteiger partial charge in [-0.25, -0.2) is 4.98 Å². The van der Waals surface area contributed by atoms with Crippen LogP contribution in [0.5, 0.6) is 5.75 Å². The molecule has 4 nitrogen and oxygen atoms in total. The second-order valence-electron chi connectivity index (χ2n) is 6.90. The summed E-state index contributed by atoms with van der Waals surface area (Å²) in [6.07, 6.45) is 3.58. The number of benzene rings is 2. The Labute approximate surface area is 149 Å². The lowest BCUT2D eigenvalue weighted by Gasteiger charge is -2.24. The zero-order valence-corrected chi connectivity index (χ0v) is 15.0. The van der Waals surface area contributed by atoms with Crippen molar-refractivity contribution in [1.82, 2.24) is 14.5 Å². The molecule has 0 spiro atoms. The van der Waals surface area contributed by atoms with Crippen LogP contribution in [0.3, 0.4) is 0 Å². The molecule has 4 rings (SSSR count). The molecule has 1 unspecified atom stereocenters. The van der Waals surface area contributed by atoms with E-state index >= 15 is 0 Å². The topological polar surface area (TPSA) is 30.3 Å². The van der Waals surface area contributed by atoms with Crippen molar-refractivity contribution >= 4 is 11.0 Å². The first-order valence-corrected chi connectivity index (χ1v) is 9.02. The number of aromatic nitrogens is 2. The monoisotopic (exact) mass is 335 g/mol. The van der Waals surface area contributed by atoms with Crippen molar-refractivity contribution in [2.45, 2.75) is 31.8 Å². The Balaban J connectivity index is 1.52. The van der Waals surface area contributed by atoms with Gasteiger partial charge in [-0.05, 0) is 55.6 Å². The van der Waals surface area contributed by atoms with E-state index in [4.69, 9.17) is 9.72 Å². The molecule has 0 radical (unpaired) electrons. The van der Waals surface area contributed by atoms with Crippen LogP contribution in [0.25, 0.3) is 11.0 Å². The van der Waals surface area contributed by atoms with E-state index in [1.807, 2.05) is 6.07 Å². The lowest BCUT2D eigenvalue weighted by atomic mass is 10.0. The molecule has 4 heteroatoms. The summed E-state index contributed by atoms with van der Waals surface area (Å²) in [4.78, 5) is 7.43. The SMILES string of the molecule is COc1cccc(CC2CCCN2Cc2nc3ccccc3n2C)c1. The lowest BCUT2D eigenvalue weighted by molar-refractivity contribution is 0.236. The van der Waals surface area contributed by atoms with Gasteiger partial charge < -0.3 is 9.30 Å². The number of methoxy groups -OCH3 is 1. The van der Waals surface area contributed by atoms with Crippen molar-refractivity contribution in [2.24, 2.45) is 7.05 Å². The van der Waals surface area contributed by atoms with Gasteiger partial charge in [-0.3, -0.25) is 4.90 Å². The normalized spacial score (nSPS) is 18.1. The number of imidazole rings is 1. The molecule has 0 N–H and O–H groups in total. The van der Waals surface area contributed by atoms with Crippen LogP contribution in [0, 0.1) is 0 Å². The van der Waals surface area contributed by atoms with Crippen LogP contribution in [0.1, 0.15) is 24.2 Å². The molecule has 3 aromatic rings. The number of hydrogen-bond donors (Lipinski definition) is 0. The maximum absolute atomic E-state index is 5.36. The van der Waals surface area contributed by atoms with E-state index in [0.29, 0.717) is 6.04 Å². The van der Waals surface area contributed by atoms with Gasteiger partial charge in [0.15, 0.2) is 0 Å². The summed E-state index contributed by atoms with van der Waals surface area (Å²) >= 11 is 0. The highest BCUT2D eigenvalue weighted by atomic mass is 16.5. The predicted molar refractivity (Wildman–Crippen MR) is 101 cm³/mol. The van der Waals surface area contributed by atoms with Gasteiger partial charge in [0.2, 0.25) is 0 Å². The number of likely N-dealkylation sites (tertiary alicyclic amines) is 1. The van der Waals surface area contributed by atoms with Crippen molar-refractivity contribution in [3.05, 3.63) is 59.9 Å². The standard InChI is InChI=1S/C21H25N3O/c1-23-20-11-4-3-10-19(20)22-21(23)15-24-12-6-8-17(24)13-16-7-5-9-18(14-16)25-2/h3-5,7,9-11,14,17H,6,8,12-13,15H2,1-2H3. The fourth-order valence-electron chi connectivity index (χ4n) is 3.92. The van der Waals surface area contributed by atoms with Gasteiger partial charge in [-0.15, -0.1) is 0 Å². The Hall–Kier alpha value is -2.33. The zero-order chi connectivity index (χ0) is 17.2. The summed E-state index contributed by atoms with van der Waals surface area (Å²) in [7, 11) is 3.85. The van der Waals surface area contributed by atoms with Gasteiger partial charge in [0.25, 0.3) is 0 Å². The number of fused-ring (bicyclic) bond motifs is 1. The minimum Gasteiger partial charge on any atom is -0.497 e. The van der Waals surface area contributed by atoms with Gasteiger partial charge in [-0.1, -0.05) is 24.3 Å². The first-order valence-electron chi connectivity index (χ1n) is 9.02. The van der Waals surface area contributed by atoms with Gasteiger partial charge in [0.1, 0.15) is 11.6 Å². The average Bonchev–Trinajstić information content (AvgIpc) is 3.20. The molecule has 1 aliphatic heterocycles. The van der Waals surface area contributed by atoms with Crippen LogP contribution in [0.15, 0.2) is 48.5 Å². The number of rotatable bonds is 5. The summed E-state index contributed by atoms with van der Waals surface area (Å²) in [6.45, 7) is 2.07. The van der Waals surface area contributed by atoms with Crippen molar-refractivity contribution in [3.8, 4) is 5.75 Å². The van der Waals surface area contributed by atoms with Crippen LogP contribution in [0.4, 0.5) is 0 Å². The molecular weight excluding hydrogens is 310 g/mol. The third-order valence-corrected chi connectivity index (χ3v) is 5.33. The zero-order valence-electron chi connectivity index (χ0n) is 15.0. The van der Waals surface area contributed by atoms with Gasteiger partial charge in [0.05, 0.1) is 24.7 Å². The Morgan fingerprint density at radius 2 is 2.04 bits per heavy atom. The second kappa shape index (κ2) is 6.89. The van der Waals surface area contributed by atoms with Gasteiger partial charge in [0, 0.05) is 13.1 Å². The van der Waals surface area contributed by atoms with Crippen molar-refractivity contribution in [1.29, 1.82) is 0 Å². The summed E-state index contributed by atoms with van der Waals surface area (Å²) in [5.74, 6) is 2.09. The first kappa shape index (κ1) is 16.2. The molecule has 1 fully saturated rings. The molecular formula is C21H25N3O. The Kier molecular flexibility index (Phi) is 4.45. The van der Waals surface area contributed by atoms with Crippen LogP contribution >= 0.6 is 0 Å². The van der Waals surface area contributed by atoms with Crippen molar-refractivity contribution < 1.29 is 4.74 Å². The average molecular weight is 335 g/mol. The molecule has 0 saturated carbocycles. The van der Waals surface area contributed by atoms with E-state index in [-0.39, 0.29) is 0 Å². The van der Waals surface area contributed by atoms with E-state index in [1.165, 1.54) is 23.9 Å². The number of nitrogens with zero attached hydrogens (tertiary/aromatic N) is 3. The van der Waals surface area contributed by atoms with Crippen LogP contribution in [0.2, 0.25) is 0 Å². The number of ether oxygens (including phenoxy) is 1. The summed E-state index contributed by atoms with van der Waals surface area (Å²) < 4.78 is 7.60. The number of para-hydroxylation sites is 2. The predicted octanol–water partition coefficient (Wildman–Crippen LogP) is 3.79. The first-order chi connectivity index (χ1) is 12.2. The van der Waals surface area contributed by atoms with Gasteiger partial charge >= 0.3 is 0 Å². The third kappa shape index (κ3) is 3.27. The van der Waals surface area contributed by atoms with Crippen LogP contribution in [-0.4, -0.2) is 34.1 Å². The van der Waals surface area contributed by atoms with E-state index in [9.17, 15) is 0 Å². The fraction of sp³-hybridized carbons (Fsp3) is 0.381. The molecule has 2 aromatic carbocycles. The van der Waals surface area contributed by atoms with Crippen molar-refractivity contribution in [3.63, 3.8) is 0 Å². The minimum atomic E-state index is 0.576. The van der Waals surface area contributed by atoms with Gasteiger partial charge in [-0.2, -0.15) is 0 Å². The van der Waals surface area contributed by atoms with Crippen LogP contribution < -0.4 is 4.74 Å². The largest absolute Gasteiger partial charge is 0.497 e. The molecule has 2 heterocycles. The van der Waals surface area contributed by atoms with E-state index < -0.39 is 0 Å².